The molecule has 1 heterocycles. The Labute approximate surface area is 124 Å². The average Bonchev–Trinajstić information content (AvgIpc) is 2.40. The fraction of sp³-hybridized carbons (Fsp3) is 0.438. The first-order chi connectivity index (χ1) is 9.29. The van der Waals surface area contributed by atoms with Crippen molar-refractivity contribution in [1.82, 2.24) is 4.90 Å². The summed E-state index contributed by atoms with van der Waals surface area (Å²) in [7, 11) is 0. The molecule has 1 aromatic rings. The van der Waals surface area contributed by atoms with E-state index in [0.29, 0.717) is 18.1 Å². The molecule has 1 amide bonds. The van der Waals surface area contributed by atoms with E-state index in [1.165, 1.54) is 17.7 Å². The van der Waals surface area contributed by atoms with Crippen molar-refractivity contribution in [3.05, 3.63) is 40.4 Å². The molecule has 0 spiro atoms. The van der Waals surface area contributed by atoms with Gasteiger partial charge in [-0.05, 0) is 30.0 Å². The van der Waals surface area contributed by atoms with Gasteiger partial charge in [0.1, 0.15) is 5.75 Å². The Kier molecular flexibility index (Phi) is 4.09. The number of hydrogen-bond acceptors (Lipinski definition) is 2. The van der Waals surface area contributed by atoms with Gasteiger partial charge in [0.15, 0.2) is 0 Å². The summed E-state index contributed by atoms with van der Waals surface area (Å²) in [5.74, 6) is -0.195. The summed E-state index contributed by atoms with van der Waals surface area (Å²) in [4.78, 5) is 14.1. The van der Waals surface area contributed by atoms with Gasteiger partial charge in [0, 0.05) is 18.1 Å². The number of benzene rings is 1. The molecule has 4 heteroatoms. The molecule has 0 saturated heterocycles. The summed E-state index contributed by atoms with van der Waals surface area (Å²) in [5.41, 5.74) is 1.79. The number of phenols is 1. The molecular weight excluding hydrogens is 274 g/mol. The maximum absolute atomic E-state index is 12.4. The minimum atomic E-state index is -0.172. The molecule has 0 atom stereocenters. The largest absolute Gasteiger partial charge is 0.507 e. The van der Waals surface area contributed by atoms with Gasteiger partial charge in [-0.25, -0.2) is 0 Å². The molecule has 20 heavy (non-hydrogen) atoms. The molecular formula is C16H20ClNO2. The quantitative estimate of drug-likeness (QED) is 0.799. The normalized spacial score (nSPS) is 16.0. The lowest BCUT2D eigenvalue weighted by Gasteiger charge is -2.32. The van der Waals surface area contributed by atoms with Crippen molar-refractivity contribution >= 4 is 17.5 Å². The number of nitrogens with zero attached hydrogens (tertiary/aromatic N) is 1. The summed E-state index contributed by atoms with van der Waals surface area (Å²) in [6.45, 7) is 7.79. The maximum Gasteiger partial charge on any atom is 0.257 e. The lowest BCUT2D eigenvalue weighted by molar-refractivity contribution is 0.0762. The van der Waals surface area contributed by atoms with Gasteiger partial charge in [0.05, 0.1) is 5.56 Å². The molecule has 0 saturated carbocycles. The van der Waals surface area contributed by atoms with Gasteiger partial charge in [-0.15, -0.1) is 0 Å². The number of aromatic hydroxyl groups is 1. The first-order valence-electron chi connectivity index (χ1n) is 6.76. The van der Waals surface area contributed by atoms with Gasteiger partial charge in [0.25, 0.3) is 5.91 Å². The zero-order valence-corrected chi connectivity index (χ0v) is 12.9. The van der Waals surface area contributed by atoms with E-state index >= 15 is 0 Å². The lowest BCUT2D eigenvalue weighted by Crippen LogP contribution is -2.36. The molecule has 0 radical (unpaired) electrons. The first-order valence-corrected chi connectivity index (χ1v) is 7.14. The van der Waals surface area contributed by atoms with Crippen molar-refractivity contribution in [2.75, 3.05) is 13.1 Å². The lowest BCUT2D eigenvalue weighted by atomic mass is 9.83. The molecule has 2 rings (SSSR count). The molecule has 0 aromatic heterocycles. The van der Waals surface area contributed by atoms with Crippen LogP contribution < -0.4 is 0 Å². The Morgan fingerprint density at radius 1 is 1.35 bits per heavy atom. The second-order valence-electron chi connectivity index (χ2n) is 6.14. The molecule has 1 aromatic carbocycles. The van der Waals surface area contributed by atoms with Gasteiger partial charge in [-0.2, -0.15) is 0 Å². The smallest absolute Gasteiger partial charge is 0.257 e. The van der Waals surface area contributed by atoms with E-state index in [1.54, 1.807) is 11.0 Å². The van der Waals surface area contributed by atoms with E-state index in [1.807, 2.05) is 0 Å². The number of rotatable bonds is 1. The molecule has 1 aliphatic rings. The number of amides is 1. The van der Waals surface area contributed by atoms with Crippen molar-refractivity contribution in [3.63, 3.8) is 0 Å². The van der Waals surface area contributed by atoms with Gasteiger partial charge in [-0.1, -0.05) is 44.0 Å². The Morgan fingerprint density at radius 3 is 2.60 bits per heavy atom. The summed E-state index contributed by atoms with van der Waals surface area (Å²) < 4.78 is 0. The third-order valence-electron chi connectivity index (χ3n) is 3.65. The Morgan fingerprint density at radius 2 is 2.05 bits per heavy atom. The number of hydrogen-bond donors (Lipinski definition) is 1. The second kappa shape index (κ2) is 5.49. The van der Waals surface area contributed by atoms with Crippen LogP contribution in [0.15, 0.2) is 29.8 Å². The second-order valence-corrected chi connectivity index (χ2v) is 6.58. The highest BCUT2D eigenvalue weighted by Crippen LogP contribution is 2.31. The number of halogens is 1. The van der Waals surface area contributed by atoms with E-state index < -0.39 is 0 Å². The summed E-state index contributed by atoms with van der Waals surface area (Å²) in [6.07, 6.45) is 2.99. The van der Waals surface area contributed by atoms with E-state index in [0.717, 1.165) is 6.42 Å². The van der Waals surface area contributed by atoms with Crippen LogP contribution in [0.1, 0.15) is 37.6 Å². The van der Waals surface area contributed by atoms with Crippen molar-refractivity contribution in [2.45, 2.75) is 27.2 Å². The molecule has 1 aliphatic heterocycles. The van der Waals surface area contributed by atoms with Crippen molar-refractivity contribution in [3.8, 4) is 5.75 Å². The van der Waals surface area contributed by atoms with E-state index in [4.69, 9.17) is 11.6 Å². The highest BCUT2D eigenvalue weighted by molar-refractivity contribution is 6.31. The fourth-order valence-corrected chi connectivity index (χ4v) is 2.56. The Bertz CT molecular complexity index is 558. The molecule has 108 valence electrons. The summed E-state index contributed by atoms with van der Waals surface area (Å²) in [5, 5.41) is 10.2. The SMILES string of the molecule is CC(C)(C)C1=CCN(C(=O)c2cc(Cl)ccc2O)CC1. The number of phenolic OH excluding ortho intramolecular Hbond substituents is 1. The minimum Gasteiger partial charge on any atom is -0.507 e. The van der Waals surface area contributed by atoms with E-state index in [-0.39, 0.29) is 22.6 Å². The predicted molar refractivity (Wildman–Crippen MR) is 81.2 cm³/mol. The summed E-state index contributed by atoms with van der Waals surface area (Å²) in [6, 6.07) is 4.54. The predicted octanol–water partition coefficient (Wildman–Crippen LogP) is 3.86. The molecule has 0 aliphatic carbocycles. The van der Waals surface area contributed by atoms with Crippen molar-refractivity contribution < 1.29 is 9.90 Å². The molecule has 0 unspecified atom stereocenters. The van der Waals surface area contributed by atoms with Gasteiger partial charge in [0.2, 0.25) is 0 Å². The van der Waals surface area contributed by atoms with Crippen LogP contribution in [0, 0.1) is 5.41 Å². The highest BCUT2D eigenvalue weighted by Gasteiger charge is 2.25. The molecule has 3 nitrogen and oxygen atoms in total. The molecule has 0 bridgehead atoms. The third-order valence-corrected chi connectivity index (χ3v) is 3.88. The molecule has 1 N–H and O–H groups in total. The topological polar surface area (TPSA) is 40.5 Å². The van der Waals surface area contributed by atoms with E-state index in [2.05, 4.69) is 26.8 Å². The zero-order valence-electron chi connectivity index (χ0n) is 12.1. The summed E-state index contributed by atoms with van der Waals surface area (Å²) >= 11 is 5.89. The van der Waals surface area contributed by atoms with Gasteiger partial charge < -0.3 is 10.0 Å². The number of carbonyl (C=O) groups is 1. The fourth-order valence-electron chi connectivity index (χ4n) is 2.38. The first kappa shape index (κ1) is 14.9. The van der Waals surface area contributed by atoms with Gasteiger partial charge >= 0.3 is 0 Å². The van der Waals surface area contributed by atoms with Gasteiger partial charge in [-0.3, -0.25) is 4.79 Å². The van der Waals surface area contributed by atoms with E-state index in [9.17, 15) is 9.90 Å². The van der Waals surface area contributed by atoms with Crippen LogP contribution >= 0.6 is 11.6 Å². The van der Waals surface area contributed by atoms with Crippen LogP contribution in [0.2, 0.25) is 5.02 Å². The average molecular weight is 294 g/mol. The number of carbonyl (C=O) groups excluding carboxylic acids is 1. The van der Waals surface area contributed by atoms with Crippen LogP contribution in [0.3, 0.4) is 0 Å². The van der Waals surface area contributed by atoms with Crippen molar-refractivity contribution in [2.24, 2.45) is 5.41 Å². The maximum atomic E-state index is 12.4. The van der Waals surface area contributed by atoms with Crippen LogP contribution in [0.25, 0.3) is 0 Å². The Hall–Kier alpha value is -1.48. The van der Waals surface area contributed by atoms with Crippen molar-refractivity contribution in [1.29, 1.82) is 0 Å². The zero-order chi connectivity index (χ0) is 14.9. The third kappa shape index (κ3) is 3.15. The standard InChI is InChI=1S/C16H20ClNO2/c1-16(2,3)11-6-8-18(9-7-11)15(20)13-10-12(17)4-5-14(13)19/h4-6,10,19H,7-9H2,1-3H3. The minimum absolute atomic E-state index is 0.0232. The van der Waals surface area contributed by atoms with Crippen LogP contribution in [-0.4, -0.2) is 29.0 Å². The van der Waals surface area contributed by atoms with Crippen LogP contribution in [0.5, 0.6) is 5.75 Å². The monoisotopic (exact) mass is 293 g/mol. The Balaban J connectivity index is 2.17. The highest BCUT2D eigenvalue weighted by atomic mass is 35.5. The van der Waals surface area contributed by atoms with Crippen LogP contribution in [-0.2, 0) is 0 Å². The van der Waals surface area contributed by atoms with Crippen LogP contribution in [0.4, 0.5) is 0 Å². The molecule has 0 fully saturated rings.